The number of esters is 1. The van der Waals surface area contributed by atoms with Crippen LogP contribution in [0.1, 0.15) is 49.0 Å². The standard InChI is InChI=1S/C21H32O6/c1-6-8-13-17(24-3)20(25-4)21(26-5)19(23)16-12-10-9-11-15(16)14-18(22)27-7-2/h9-12,17,20-21H,6-8,13-14H2,1-5H3. The summed E-state index contributed by atoms with van der Waals surface area (Å²) in [5, 5.41) is 0. The van der Waals surface area contributed by atoms with Crippen LogP contribution in [0.2, 0.25) is 0 Å². The van der Waals surface area contributed by atoms with Gasteiger partial charge in [0.05, 0.1) is 19.1 Å². The molecule has 0 amide bonds. The molecule has 0 heterocycles. The molecule has 0 saturated carbocycles. The SMILES string of the molecule is CCCCC(OC)C(OC)C(OC)C(=O)c1ccccc1CC(=O)OCC. The summed E-state index contributed by atoms with van der Waals surface area (Å²) in [7, 11) is 4.64. The van der Waals surface area contributed by atoms with Crippen LogP contribution in [0.3, 0.4) is 0 Å². The summed E-state index contributed by atoms with van der Waals surface area (Å²) in [4.78, 5) is 25.1. The molecular formula is C21H32O6. The number of benzene rings is 1. The van der Waals surface area contributed by atoms with Crippen molar-refractivity contribution >= 4 is 11.8 Å². The lowest BCUT2D eigenvalue weighted by Gasteiger charge is -2.30. The molecule has 1 aromatic carbocycles. The highest BCUT2D eigenvalue weighted by molar-refractivity contribution is 6.02. The number of rotatable bonds is 13. The van der Waals surface area contributed by atoms with Crippen molar-refractivity contribution in [1.29, 1.82) is 0 Å². The molecular weight excluding hydrogens is 348 g/mol. The highest BCUT2D eigenvalue weighted by Gasteiger charge is 2.36. The van der Waals surface area contributed by atoms with Gasteiger partial charge >= 0.3 is 5.97 Å². The van der Waals surface area contributed by atoms with Gasteiger partial charge in [0.2, 0.25) is 0 Å². The first-order valence-corrected chi connectivity index (χ1v) is 9.40. The van der Waals surface area contributed by atoms with E-state index in [1.54, 1.807) is 45.4 Å². The molecule has 0 aliphatic heterocycles. The first-order chi connectivity index (χ1) is 13.0. The fourth-order valence-electron chi connectivity index (χ4n) is 3.12. The predicted octanol–water partition coefficient (Wildman–Crippen LogP) is 3.21. The van der Waals surface area contributed by atoms with Crippen LogP contribution in [0.25, 0.3) is 0 Å². The maximum absolute atomic E-state index is 13.2. The maximum Gasteiger partial charge on any atom is 0.310 e. The second kappa shape index (κ2) is 12.6. The first-order valence-electron chi connectivity index (χ1n) is 9.40. The molecule has 0 N–H and O–H groups in total. The topological polar surface area (TPSA) is 71.1 Å². The zero-order valence-corrected chi connectivity index (χ0v) is 17.0. The zero-order valence-electron chi connectivity index (χ0n) is 17.0. The molecule has 0 aromatic heterocycles. The Labute approximate surface area is 162 Å². The molecule has 0 spiro atoms. The molecule has 6 nitrogen and oxygen atoms in total. The molecule has 6 heteroatoms. The van der Waals surface area contributed by atoms with Gasteiger partial charge in [-0.1, -0.05) is 44.0 Å². The Hall–Kier alpha value is -1.76. The van der Waals surface area contributed by atoms with E-state index >= 15 is 0 Å². The number of hydrogen-bond donors (Lipinski definition) is 0. The van der Waals surface area contributed by atoms with Gasteiger partial charge in [-0.25, -0.2) is 0 Å². The van der Waals surface area contributed by atoms with Gasteiger partial charge in [-0.05, 0) is 18.9 Å². The Bertz CT molecular complexity index is 586. The number of ether oxygens (including phenoxy) is 4. The van der Waals surface area contributed by atoms with Crippen molar-refractivity contribution in [1.82, 2.24) is 0 Å². The van der Waals surface area contributed by atoms with E-state index in [0.717, 1.165) is 19.3 Å². The van der Waals surface area contributed by atoms with E-state index in [1.165, 1.54) is 7.11 Å². The van der Waals surface area contributed by atoms with Crippen molar-refractivity contribution in [2.75, 3.05) is 27.9 Å². The third-order valence-corrected chi connectivity index (χ3v) is 4.52. The minimum absolute atomic E-state index is 0.0351. The summed E-state index contributed by atoms with van der Waals surface area (Å²) in [6, 6.07) is 7.01. The van der Waals surface area contributed by atoms with Crippen LogP contribution in [-0.2, 0) is 30.2 Å². The molecule has 0 aliphatic carbocycles. The van der Waals surface area contributed by atoms with E-state index in [2.05, 4.69) is 6.92 Å². The van der Waals surface area contributed by atoms with Gasteiger partial charge in [-0.3, -0.25) is 9.59 Å². The van der Waals surface area contributed by atoms with E-state index in [1.807, 2.05) is 0 Å². The van der Waals surface area contributed by atoms with Crippen LogP contribution in [0.5, 0.6) is 0 Å². The highest BCUT2D eigenvalue weighted by Crippen LogP contribution is 2.21. The second-order valence-electron chi connectivity index (χ2n) is 6.28. The molecule has 0 fully saturated rings. The molecule has 0 aliphatic rings. The molecule has 0 radical (unpaired) electrons. The van der Waals surface area contributed by atoms with E-state index in [4.69, 9.17) is 18.9 Å². The zero-order chi connectivity index (χ0) is 20.2. The van der Waals surface area contributed by atoms with Crippen LogP contribution >= 0.6 is 0 Å². The monoisotopic (exact) mass is 380 g/mol. The number of hydrogen-bond acceptors (Lipinski definition) is 6. The number of methoxy groups -OCH3 is 3. The lowest BCUT2D eigenvalue weighted by atomic mass is 9.92. The number of unbranched alkanes of at least 4 members (excludes halogenated alkanes) is 1. The summed E-state index contributed by atoms with van der Waals surface area (Å²) in [5.41, 5.74) is 1.05. The number of carbonyl (C=O) groups is 2. The van der Waals surface area contributed by atoms with E-state index in [-0.39, 0.29) is 24.3 Å². The number of ketones is 1. The lowest BCUT2D eigenvalue weighted by Crippen LogP contribution is -2.46. The number of Topliss-reactive ketones (excluding diaryl/α,β-unsaturated/α-hetero) is 1. The fourth-order valence-corrected chi connectivity index (χ4v) is 3.12. The Kier molecular flexibility index (Phi) is 10.9. The first kappa shape index (κ1) is 23.3. The van der Waals surface area contributed by atoms with E-state index in [0.29, 0.717) is 17.7 Å². The van der Waals surface area contributed by atoms with Crippen molar-refractivity contribution in [3.8, 4) is 0 Å². The third-order valence-electron chi connectivity index (χ3n) is 4.52. The van der Waals surface area contributed by atoms with Crippen LogP contribution in [0.15, 0.2) is 24.3 Å². The predicted molar refractivity (Wildman–Crippen MR) is 103 cm³/mol. The molecule has 0 bridgehead atoms. The molecule has 3 unspecified atom stereocenters. The molecule has 27 heavy (non-hydrogen) atoms. The molecule has 3 atom stereocenters. The molecule has 152 valence electrons. The third kappa shape index (κ3) is 6.72. The Morgan fingerprint density at radius 2 is 1.70 bits per heavy atom. The lowest BCUT2D eigenvalue weighted by molar-refractivity contribution is -0.142. The van der Waals surface area contributed by atoms with Gasteiger partial charge in [0.15, 0.2) is 5.78 Å². The van der Waals surface area contributed by atoms with Gasteiger partial charge in [0.25, 0.3) is 0 Å². The summed E-state index contributed by atoms with van der Waals surface area (Å²) in [6.45, 7) is 4.15. The highest BCUT2D eigenvalue weighted by atomic mass is 16.6. The van der Waals surface area contributed by atoms with Gasteiger partial charge in [-0.15, -0.1) is 0 Å². The van der Waals surface area contributed by atoms with Crippen LogP contribution in [0.4, 0.5) is 0 Å². The molecule has 1 aromatic rings. The van der Waals surface area contributed by atoms with Crippen molar-refractivity contribution in [3.05, 3.63) is 35.4 Å². The average Bonchev–Trinajstić information content (AvgIpc) is 2.67. The van der Waals surface area contributed by atoms with Crippen LogP contribution < -0.4 is 0 Å². The normalized spacial score (nSPS) is 14.4. The van der Waals surface area contributed by atoms with Gasteiger partial charge < -0.3 is 18.9 Å². The Morgan fingerprint density at radius 3 is 2.26 bits per heavy atom. The Balaban J connectivity index is 3.10. The van der Waals surface area contributed by atoms with Crippen molar-refractivity contribution < 1.29 is 28.5 Å². The Morgan fingerprint density at radius 1 is 1.00 bits per heavy atom. The minimum atomic E-state index is -0.833. The average molecular weight is 380 g/mol. The fraction of sp³-hybridized carbons (Fsp3) is 0.619. The maximum atomic E-state index is 13.2. The smallest absolute Gasteiger partial charge is 0.310 e. The van der Waals surface area contributed by atoms with Gasteiger partial charge in [0, 0.05) is 26.9 Å². The van der Waals surface area contributed by atoms with E-state index < -0.39 is 12.2 Å². The quantitative estimate of drug-likeness (QED) is 0.387. The second-order valence-corrected chi connectivity index (χ2v) is 6.28. The van der Waals surface area contributed by atoms with Gasteiger partial charge in [0.1, 0.15) is 12.2 Å². The summed E-state index contributed by atoms with van der Waals surface area (Å²) < 4.78 is 21.7. The van der Waals surface area contributed by atoms with Gasteiger partial charge in [-0.2, -0.15) is 0 Å². The molecule has 0 saturated heterocycles. The molecule has 1 rings (SSSR count). The minimum Gasteiger partial charge on any atom is -0.466 e. The van der Waals surface area contributed by atoms with E-state index in [9.17, 15) is 9.59 Å². The van der Waals surface area contributed by atoms with Crippen LogP contribution in [-0.4, -0.2) is 58.0 Å². The summed E-state index contributed by atoms with van der Waals surface area (Å²) in [6.07, 6.45) is 1.14. The summed E-state index contributed by atoms with van der Waals surface area (Å²) in [5.74, 6) is -0.601. The van der Waals surface area contributed by atoms with Crippen molar-refractivity contribution in [2.45, 2.75) is 57.8 Å². The van der Waals surface area contributed by atoms with Crippen molar-refractivity contribution in [2.24, 2.45) is 0 Å². The van der Waals surface area contributed by atoms with Crippen molar-refractivity contribution in [3.63, 3.8) is 0 Å². The van der Waals surface area contributed by atoms with Crippen LogP contribution in [0, 0.1) is 0 Å². The number of carbonyl (C=O) groups excluding carboxylic acids is 2. The summed E-state index contributed by atoms with van der Waals surface area (Å²) >= 11 is 0. The largest absolute Gasteiger partial charge is 0.466 e.